The number of fused-ring (bicyclic) bond motifs is 1. The van der Waals surface area contributed by atoms with Gasteiger partial charge in [0.2, 0.25) is 0 Å². The molecule has 0 heterocycles. The third-order valence-electron chi connectivity index (χ3n) is 3.32. The summed E-state index contributed by atoms with van der Waals surface area (Å²) in [6.07, 6.45) is 3.81. The van der Waals surface area contributed by atoms with Crippen LogP contribution in [-0.2, 0) is 0 Å². The maximum Gasteiger partial charge on any atom is 0.134 e. The monoisotopic (exact) mass is 335 g/mol. The molecule has 0 aliphatic rings. The topological polar surface area (TPSA) is 21.3 Å². The molecule has 3 heteroatoms. The molecule has 1 N–H and O–H groups in total. The van der Waals surface area contributed by atoms with Crippen molar-refractivity contribution in [3.05, 3.63) is 40.9 Å². The van der Waals surface area contributed by atoms with Gasteiger partial charge in [-0.05, 0) is 45.7 Å². The maximum atomic E-state index is 5.84. The fraction of sp³-hybridized carbons (Fsp3) is 0.412. The van der Waals surface area contributed by atoms with E-state index in [0.717, 1.165) is 23.3 Å². The molecule has 2 nitrogen and oxygen atoms in total. The SMILES string of the molecule is CCCCCNCCOc1ccc2ccccc2c1Br. The van der Waals surface area contributed by atoms with Crippen LogP contribution in [0.5, 0.6) is 5.75 Å². The van der Waals surface area contributed by atoms with Crippen LogP contribution in [0, 0.1) is 0 Å². The second-order valence-corrected chi connectivity index (χ2v) is 5.70. The quantitative estimate of drug-likeness (QED) is 0.702. The number of halogens is 1. The molecule has 0 fully saturated rings. The molecule has 0 aromatic heterocycles. The number of hydrogen-bond acceptors (Lipinski definition) is 2. The molecule has 0 aliphatic carbocycles. The first-order chi connectivity index (χ1) is 9.83. The average molecular weight is 336 g/mol. The van der Waals surface area contributed by atoms with E-state index in [1.807, 2.05) is 12.1 Å². The number of ether oxygens (including phenoxy) is 1. The Hall–Kier alpha value is -1.06. The van der Waals surface area contributed by atoms with Gasteiger partial charge in [-0.1, -0.05) is 50.1 Å². The van der Waals surface area contributed by atoms with Crippen molar-refractivity contribution < 1.29 is 4.74 Å². The predicted molar refractivity (Wildman–Crippen MR) is 89.5 cm³/mol. The molecular formula is C17H22BrNO. The van der Waals surface area contributed by atoms with Gasteiger partial charge in [0.1, 0.15) is 12.4 Å². The van der Waals surface area contributed by atoms with E-state index in [9.17, 15) is 0 Å². The van der Waals surface area contributed by atoms with Gasteiger partial charge in [-0.15, -0.1) is 0 Å². The van der Waals surface area contributed by atoms with Gasteiger partial charge in [0.05, 0.1) is 4.47 Å². The Bertz CT molecular complexity index is 542. The molecule has 0 saturated heterocycles. The number of nitrogens with one attached hydrogen (secondary N) is 1. The van der Waals surface area contributed by atoms with Gasteiger partial charge in [-0.25, -0.2) is 0 Å². The Balaban J connectivity index is 1.83. The zero-order valence-corrected chi connectivity index (χ0v) is 13.6. The summed E-state index contributed by atoms with van der Waals surface area (Å²) in [6, 6.07) is 12.4. The van der Waals surface area contributed by atoms with Gasteiger partial charge in [0, 0.05) is 6.54 Å². The van der Waals surface area contributed by atoms with E-state index in [-0.39, 0.29) is 0 Å². The number of hydrogen-bond donors (Lipinski definition) is 1. The van der Waals surface area contributed by atoms with Crippen molar-refractivity contribution in [1.29, 1.82) is 0 Å². The fourth-order valence-electron chi connectivity index (χ4n) is 2.18. The normalized spacial score (nSPS) is 10.9. The third kappa shape index (κ3) is 4.22. The van der Waals surface area contributed by atoms with Crippen LogP contribution in [0.25, 0.3) is 10.8 Å². The molecule has 0 saturated carbocycles. The highest BCUT2D eigenvalue weighted by atomic mass is 79.9. The minimum absolute atomic E-state index is 0.697. The van der Waals surface area contributed by atoms with Gasteiger partial charge in [0.15, 0.2) is 0 Å². The van der Waals surface area contributed by atoms with Crippen molar-refractivity contribution >= 4 is 26.7 Å². The van der Waals surface area contributed by atoms with Crippen molar-refractivity contribution in [1.82, 2.24) is 5.32 Å². The van der Waals surface area contributed by atoms with E-state index in [2.05, 4.69) is 52.4 Å². The van der Waals surface area contributed by atoms with Crippen molar-refractivity contribution in [3.8, 4) is 5.75 Å². The maximum absolute atomic E-state index is 5.84. The molecular weight excluding hydrogens is 314 g/mol. The summed E-state index contributed by atoms with van der Waals surface area (Å²) in [6.45, 7) is 4.89. The first kappa shape index (κ1) is 15.3. The molecule has 0 bridgehead atoms. The van der Waals surface area contributed by atoms with Gasteiger partial charge >= 0.3 is 0 Å². The Morgan fingerprint density at radius 1 is 1.05 bits per heavy atom. The first-order valence-electron chi connectivity index (χ1n) is 7.33. The van der Waals surface area contributed by atoms with Gasteiger partial charge in [0.25, 0.3) is 0 Å². The van der Waals surface area contributed by atoms with Crippen molar-refractivity contribution in [3.63, 3.8) is 0 Å². The van der Waals surface area contributed by atoms with Gasteiger partial charge in [-0.2, -0.15) is 0 Å². The van der Waals surface area contributed by atoms with E-state index < -0.39 is 0 Å². The average Bonchev–Trinajstić information content (AvgIpc) is 2.49. The van der Waals surface area contributed by atoms with E-state index >= 15 is 0 Å². The van der Waals surface area contributed by atoms with Crippen LogP contribution in [0.15, 0.2) is 40.9 Å². The van der Waals surface area contributed by atoms with E-state index in [1.54, 1.807) is 0 Å². The molecule has 2 aromatic carbocycles. The third-order valence-corrected chi connectivity index (χ3v) is 4.14. The lowest BCUT2D eigenvalue weighted by Gasteiger charge is -2.11. The molecule has 0 atom stereocenters. The molecule has 0 unspecified atom stereocenters. The molecule has 0 radical (unpaired) electrons. The summed E-state index contributed by atoms with van der Waals surface area (Å²) in [5.74, 6) is 0.916. The van der Waals surface area contributed by atoms with Crippen LogP contribution in [0.1, 0.15) is 26.2 Å². The zero-order valence-electron chi connectivity index (χ0n) is 12.0. The number of rotatable bonds is 8. The summed E-state index contributed by atoms with van der Waals surface area (Å²) in [4.78, 5) is 0. The summed E-state index contributed by atoms with van der Waals surface area (Å²) < 4.78 is 6.89. The summed E-state index contributed by atoms with van der Waals surface area (Å²) >= 11 is 3.64. The molecule has 0 amide bonds. The molecule has 0 aliphatic heterocycles. The molecule has 2 aromatic rings. The lowest BCUT2D eigenvalue weighted by molar-refractivity contribution is 0.312. The second-order valence-electron chi connectivity index (χ2n) is 4.90. The largest absolute Gasteiger partial charge is 0.491 e. The molecule has 108 valence electrons. The molecule has 2 rings (SSSR count). The predicted octanol–water partition coefficient (Wildman–Crippen LogP) is 4.76. The van der Waals surface area contributed by atoms with Crippen LogP contribution in [-0.4, -0.2) is 19.7 Å². The Labute approximate surface area is 129 Å². The lowest BCUT2D eigenvalue weighted by Crippen LogP contribution is -2.22. The Kier molecular flexibility index (Phi) is 6.34. The minimum atomic E-state index is 0.697. The number of unbranched alkanes of at least 4 members (excludes halogenated alkanes) is 2. The highest BCUT2D eigenvalue weighted by Gasteiger charge is 2.05. The van der Waals surface area contributed by atoms with Crippen molar-refractivity contribution in [2.45, 2.75) is 26.2 Å². The highest BCUT2D eigenvalue weighted by Crippen LogP contribution is 2.32. The van der Waals surface area contributed by atoms with Gasteiger partial charge < -0.3 is 10.1 Å². The van der Waals surface area contributed by atoms with E-state index in [1.165, 1.54) is 30.0 Å². The van der Waals surface area contributed by atoms with Crippen LogP contribution < -0.4 is 10.1 Å². The second kappa shape index (κ2) is 8.28. The van der Waals surface area contributed by atoms with E-state index in [4.69, 9.17) is 4.74 Å². The smallest absolute Gasteiger partial charge is 0.134 e. The van der Waals surface area contributed by atoms with E-state index in [0.29, 0.717) is 6.61 Å². The summed E-state index contributed by atoms with van der Waals surface area (Å²) in [5, 5.41) is 5.83. The standard InChI is InChI=1S/C17H22BrNO/c1-2-3-6-11-19-12-13-20-16-10-9-14-7-4-5-8-15(14)17(16)18/h4-5,7-10,19H,2-3,6,11-13H2,1H3. The van der Waals surface area contributed by atoms with Crippen LogP contribution in [0.2, 0.25) is 0 Å². The summed E-state index contributed by atoms with van der Waals surface area (Å²) in [5.41, 5.74) is 0. The minimum Gasteiger partial charge on any atom is -0.491 e. The zero-order chi connectivity index (χ0) is 14.2. The highest BCUT2D eigenvalue weighted by molar-refractivity contribution is 9.10. The number of benzene rings is 2. The van der Waals surface area contributed by atoms with Crippen LogP contribution >= 0.6 is 15.9 Å². The molecule has 0 spiro atoms. The Morgan fingerprint density at radius 3 is 2.75 bits per heavy atom. The van der Waals surface area contributed by atoms with Crippen molar-refractivity contribution in [2.75, 3.05) is 19.7 Å². The fourth-order valence-corrected chi connectivity index (χ4v) is 2.79. The Morgan fingerprint density at radius 2 is 1.90 bits per heavy atom. The lowest BCUT2D eigenvalue weighted by atomic mass is 10.1. The van der Waals surface area contributed by atoms with Crippen molar-refractivity contribution in [2.24, 2.45) is 0 Å². The summed E-state index contributed by atoms with van der Waals surface area (Å²) in [7, 11) is 0. The molecule has 20 heavy (non-hydrogen) atoms. The van der Waals surface area contributed by atoms with Gasteiger partial charge in [-0.3, -0.25) is 0 Å². The van der Waals surface area contributed by atoms with Crippen LogP contribution in [0.4, 0.5) is 0 Å². The van der Waals surface area contributed by atoms with Crippen LogP contribution in [0.3, 0.4) is 0 Å². The first-order valence-corrected chi connectivity index (χ1v) is 8.13.